The summed E-state index contributed by atoms with van der Waals surface area (Å²) in [5.74, 6) is -0.241. The fourth-order valence-electron chi connectivity index (χ4n) is 1.95. The van der Waals surface area contributed by atoms with Gasteiger partial charge in [0.05, 0.1) is 23.9 Å². The van der Waals surface area contributed by atoms with Gasteiger partial charge in [-0.1, -0.05) is 30.3 Å². The third-order valence-corrected chi connectivity index (χ3v) is 3.03. The Morgan fingerprint density at radius 1 is 1.14 bits per heavy atom. The van der Waals surface area contributed by atoms with Crippen molar-refractivity contribution < 1.29 is 14.6 Å². The number of aliphatic imine (C=N–C) groups is 1. The maximum atomic E-state index is 11.8. The summed E-state index contributed by atoms with van der Waals surface area (Å²) in [6, 6.07) is 14.2. The molecule has 5 heteroatoms. The lowest BCUT2D eigenvalue weighted by molar-refractivity contribution is 0.0600. The molecule has 0 aromatic heterocycles. The van der Waals surface area contributed by atoms with Crippen molar-refractivity contribution >= 4 is 17.5 Å². The standard InChI is InChI=1S/C16H16N2O3/c1-21-16(20)13-8-4-3-7-12(13)15(17)18-14-9-5-2-6-11(14)10-19/h2-9,19H,10H2,1H3,(H2,17,18)/p+1. The van der Waals surface area contributed by atoms with E-state index >= 15 is 0 Å². The van der Waals surface area contributed by atoms with Crippen LogP contribution >= 0.6 is 0 Å². The molecule has 0 aliphatic rings. The average molecular weight is 285 g/mol. The monoisotopic (exact) mass is 285 g/mol. The molecule has 5 nitrogen and oxygen atoms in total. The summed E-state index contributed by atoms with van der Waals surface area (Å²) in [7, 11) is 1.32. The largest absolute Gasteiger partial charge is 0.465 e. The maximum absolute atomic E-state index is 11.8. The van der Waals surface area contributed by atoms with E-state index in [9.17, 15) is 4.79 Å². The number of carbonyl (C=O) groups excluding carboxylic acids is 1. The number of para-hydroxylation sites is 1. The van der Waals surface area contributed by atoms with E-state index in [1.54, 1.807) is 30.3 Å². The number of rotatable bonds is 4. The Labute approximate surface area is 122 Å². The van der Waals surface area contributed by atoms with Gasteiger partial charge in [-0.15, -0.1) is 0 Å². The molecule has 0 heterocycles. The second-order valence-corrected chi connectivity index (χ2v) is 4.34. The van der Waals surface area contributed by atoms with Crippen LogP contribution in [0.15, 0.2) is 53.5 Å². The van der Waals surface area contributed by atoms with Crippen molar-refractivity contribution in [3.63, 3.8) is 0 Å². The Kier molecular flexibility index (Phi) is 4.68. The first-order valence-electron chi connectivity index (χ1n) is 6.41. The molecule has 0 atom stereocenters. The summed E-state index contributed by atoms with van der Waals surface area (Å²) in [5, 5.41) is 7.49. The van der Waals surface area contributed by atoms with Gasteiger partial charge in [-0.05, 0) is 18.2 Å². The van der Waals surface area contributed by atoms with Crippen molar-refractivity contribution in [1.29, 1.82) is 0 Å². The number of hydrogen-bond donors (Lipinski definition) is 1. The first kappa shape index (κ1) is 14.7. The molecule has 0 saturated carbocycles. The molecule has 0 bridgehead atoms. The molecule has 0 aliphatic heterocycles. The first-order chi connectivity index (χ1) is 10.2. The summed E-state index contributed by atoms with van der Waals surface area (Å²) >= 11 is 0. The zero-order chi connectivity index (χ0) is 15.2. The van der Waals surface area contributed by atoms with Crippen LogP contribution in [0.2, 0.25) is 0 Å². The minimum atomic E-state index is -0.461. The SMILES string of the molecule is COC(=O)c1ccccc1C(N)=Nc1ccccc1C[OH2+]. The number of carbonyl (C=O) groups is 1. The summed E-state index contributed by atoms with van der Waals surface area (Å²) in [5.41, 5.74) is 8.31. The molecular weight excluding hydrogens is 268 g/mol. The molecule has 0 radical (unpaired) electrons. The van der Waals surface area contributed by atoms with Crippen LogP contribution in [0.1, 0.15) is 21.5 Å². The lowest BCUT2D eigenvalue weighted by Gasteiger charge is -2.08. The summed E-state index contributed by atoms with van der Waals surface area (Å²) in [4.78, 5) is 16.1. The van der Waals surface area contributed by atoms with Crippen molar-refractivity contribution in [3.8, 4) is 0 Å². The second-order valence-electron chi connectivity index (χ2n) is 4.34. The molecule has 0 saturated heterocycles. The van der Waals surface area contributed by atoms with Crippen LogP contribution in [0.25, 0.3) is 0 Å². The highest BCUT2D eigenvalue weighted by Gasteiger charge is 2.14. The Balaban J connectivity index is 2.47. The molecule has 21 heavy (non-hydrogen) atoms. The molecule has 0 fully saturated rings. The number of hydrogen-bond acceptors (Lipinski definition) is 3. The van der Waals surface area contributed by atoms with Gasteiger partial charge in [-0.3, -0.25) is 0 Å². The zero-order valence-electron chi connectivity index (χ0n) is 11.7. The molecule has 108 valence electrons. The predicted molar refractivity (Wildman–Crippen MR) is 81.9 cm³/mol. The quantitative estimate of drug-likeness (QED) is 0.401. The van der Waals surface area contributed by atoms with Gasteiger partial charge in [0.2, 0.25) is 0 Å². The lowest BCUT2D eigenvalue weighted by atomic mass is 10.1. The minimum absolute atomic E-state index is 0.117. The topological polar surface area (TPSA) is 87.6 Å². The molecular formula is C16H17N2O3+. The molecule has 0 aliphatic carbocycles. The van der Waals surface area contributed by atoms with Gasteiger partial charge in [0.15, 0.2) is 6.61 Å². The lowest BCUT2D eigenvalue weighted by Crippen LogP contribution is -2.18. The van der Waals surface area contributed by atoms with Gasteiger partial charge < -0.3 is 15.6 Å². The van der Waals surface area contributed by atoms with E-state index in [0.29, 0.717) is 16.8 Å². The van der Waals surface area contributed by atoms with Gasteiger partial charge >= 0.3 is 5.97 Å². The molecule has 0 amide bonds. The number of benzene rings is 2. The van der Waals surface area contributed by atoms with E-state index in [1.807, 2.05) is 18.2 Å². The smallest absolute Gasteiger partial charge is 0.338 e. The van der Waals surface area contributed by atoms with Crippen LogP contribution in [0.3, 0.4) is 0 Å². The van der Waals surface area contributed by atoms with E-state index in [0.717, 1.165) is 5.56 Å². The van der Waals surface area contributed by atoms with Crippen molar-refractivity contribution in [2.24, 2.45) is 10.7 Å². The second kappa shape index (κ2) is 6.67. The van der Waals surface area contributed by atoms with Gasteiger partial charge in [-0.2, -0.15) is 0 Å². The maximum Gasteiger partial charge on any atom is 0.338 e. The number of nitrogens with two attached hydrogens (primary N) is 1. The van der Waals surface area contributed by atoms with Gasteiger partial charge in [0, 0.05) is 5.56 Å². The highest BCUT2D eigenvalue weighted by atomic mass is 16.5. The number of amidine groups is 1. The third kappa shape index (κ3) is 3.27. The van der Waals surface area contributed by atoms with Crippen LogP contribution < -0.4 is 5.73 Å². The summed E-state index contributed by atoms with van der Waals surface area (Å²) in [6.07, 6.45) is 0. The van der Waals surface area contributed by atoms with E-state index in [4.69, 9.17) is 15.6 Å². The molecule has 2 rings (SSSR count). The molecule has 4 N–H and O–H groups in total. The Morgan fingerprint density at radius 3 is 2.43 bits per heavy atom. The third-order valence-electron chi connectivity index (χ3n) is 3.03. The fourth-order valence-corrected chi connectivity index (χ4v) is 1.95. The van der Waals surface area contributed by atoms with Crippen molar-refractivity contribution in [2.75, 3.05) is 7.11 Å². The summed E-state index contributed by atoms with van der Waals surface area (Å²) < 4.78 is 4.74. The minimum Gasteiger partial charge on any atom is -0.465 e. The van der Waals surface area contributed by atoms with Gasteiger partial charge in [0.1, 0.15) is 5.84 Å². The number of ether oxygens (including phenoxy) is 1. The van der Waals surface area contributed by atoms with E-state index < -0.39 is 5.97 Å². The van der Waals surface area contributed by atoms with Crippen molar-refractivity contribution in [3.05, 3.63) is 65.2 Å². The van der Waals surface area contributed by atoms with Crippen LogP contribution in [-0.2, 0) is 11.3 Å². The van der Waals surface area contributed by atoms with Crippen molar-refractivity contribution in [1.82, 2.24) is 0 Å². The van der Waals surface area contributed by atoms with Crippen LogP contribution in [0.4, 0.5) is 5.69 Å². The molecule has 0 unspecified atom stereocenters. The molecule has 0 spiro atoms. The Morgan fingerprint density at radius 2 is 1.76 bits per heavy atom. The summed E-state index contributed by atoms with van der Waals surface area (Å²) in [6.45, 7) is 0.117. The number of nitrogens with zero attached hydrogens (tertiary/aromatic N) is 1. The van der Waals surface area contributed by atoms with E-state index in [-0.39, 0.29) is 12.4 Å². The van der Waals surface area contributed by atoms with Crippen molar-refractivity contribution in [2.45, 2.75) is 6.61 Å². The number of methoxy groups -OCH3 is 1. The highest BCUT2D eigenvalue weighted by molar-refractivity contribution is 6.08. The van der Waals surface area contributed by atoms with Gasteiger partial charge in [0.25, 0.3) is 0 Å². The normalized spacial score (nSPS) is 11.2. The van der Waals surface area contributed by atoms with E-state index in [1.165, 1.54) is 7.11 Å². The van der Waals surface area contributed by atoms with Crippen LogP contribution in [0.5, 0.6) is 0 Å². The predicted octanol–water partition coefficient (Wildman–Crippen LogP) is 1.73. The highest BCUT2D eigenvalue weighted by Crippen LogP contribution is 2.20. The zero-order valence-corrected chi connectivity index (χ0v) is 11.7. The van der Waals surface area contributed by atoms with Crippen LogP contribution in [-0.4, -0.2) is 24.0 Å². The molecule has 2 aromatic rings. The first-order valence-corrected chi connectivity index (χ1v) is 6.41. The van der Waals surface area contributed by atoms with Gasteiger partial charge in [-0.25, -0.2) is 9.79 Å². The van der Waals surface area contributed by atoms with Crippen LogP contribution in [0, 0.1) is 0 Å². The average Bonchev–Trinajstić information content (AvgIpc) is 2.54. The molecule has 2 aromatic carbocycles. The number of esters is 1. The fraction of sp³-hybridized carbons (Fsp3) is 0.125. The Hall–Kier alpha value is -2.66. The Bertz CT molecular complexity index is 681. The van der Waals surface area contributed by atoms with E-state index in [2.05, 4.69) is 4.99 Å².